The smallest absolute Gasteiger partial charge is 0.276 e. The minimum atomic E-state index is -0.401. The van der Waals surface area contributed by atoms with Crippen molar-refractivity contribution in [2.45, 2.75) is 0 Å². The van der Waals surface area contributed by atoms with Gasteiger partial charge in [0.15, 0.2) is 12.4 Å². The molecule has 1 heterocycles. The van der Waals surface area contributed by atoms with Crippen molar-refractivity contribution in [3.63, 3.8) is 0 Å². The maximum absolute atomic E-state index is 12.7. The lowest BCUT2D eigenvalue weighted by Gasteiger charge is -2.10. The van der Waals surface area contributed by atoms with Crippen LogP contribution in [0.1, 0.15) is 5.76 Å². The summed E-state index contributed by atoms with van der Waals surface area (Å²) in [6.07, 6.45) is 1.50. The monoisotopic (exact) mass is 276 g/mol. The first-order valence-electron chi connectivity index (χ1n) is 5.81. The highest BCUT2D eigenvalue weighted by Gasteiger charge is 2.05. The van der Waals surface area contributed by atoms with Gasteiger partial charge >= 0.3 is 0 Å². The number of benzene rings is 1. The van der Waals surface area contributed by atoms with Crippen molar-refractivity contribution in [1.82, 2.24) is 10.9 Å². The molecule has 0 bridgehead atoms. The molecule has 0 aliphatic heterocycles. The first-order valence-corrected chi connectivity index (χ1v) is 5.81. The summed E-state index contributed by atoms with van der Waals surface area (Å²) in [6, 6.07) is 8.81. The Balaban J connectivity index is 1.73. The number of nitrogens with one attached hydrogen (secondary N) is 2. The molecule has 1 aromatic heterocycles. The van der Waals surface area contributed by atoms with Gasteiger partial charge in [0.05, 0.1) is 12.0 Å². The molecular weight excluding hydrogens is 263 g/mol. The van der Waals surface area contributed by atoms with Crippen LogP contribution in [0.5, 0.6) is 5.75 Å². The van der Waals surface area contributed by atoms with Crippen LogP contribution in [0.25, 0.3) is 5.70 Å². The van der Waals surface area contributed by atoms with Gasteiger partial charge in [0.25, 0.3) is 5.91 Å². The van der Waals surface area contributed by atoms with Crippen molar-refractivity contribution in [3.8, 4) is 5.75 Å². The van der Waals surface area contributed by atoms with Crippen LogP contribution in [0.3, 0.4) is 0 Å². The molecule has 0 aliphatic rings. The molecule has 0 aliphatic carbocycles. The Morgan fingerprint density at radius 1 is 1.25 bits per heavy atom. The average molecular weight is 276 g/mol. The van der Waals surface area contributed by atoms with Gasteiger partial charge in [0.2, 0.25) is 0 Å². The molecular formula is C14H13FN2O3. The highest BCUT2D eigenvalue weighted by Crippen LogP contribution is 2.10. The van der Waals surface area contributed by atoms with E-state index in [2.05, 4.69) is 17.4 Å². The van der Waals surface area contributed by atoms with Crippen LogP contribution in [0.2, 0.25) is 0 Å². The van der Waals surface area contributed by atoms with Gasteiger partial charge in [0, 0.05) is 0 Å². The Morgan fingerprint density at radius 3 is 2.65 bits per heavy atom. The second-order valence-electron chi connectivity index (χ2n) is 3.87. The number of rotatable bonds is 6. The Labute approximate surface area is 115 Å². The zero-order valence-electron chi connectivity index (χ0n) is 10.6. The summed E-state index contributed by atoms with van der Waals surface area (Å²) in [5, 5.41) is 0. The fourth-order valence-electron chi connectivity index (χ4n) is 1.37. The van der Waals surface area contributed by atoms with Crippen molar-refractivity contribution in [1.29, 1.82) is 0 Å². The van der Waals surface area contributed by atoms with Gasteiger partial charge in [-0.05, 0) is 36.4 Å². The first-order chi connectivity index (χ1) is 9.65. The summed E-state index contributed by atoms with van der Waals surface area (Å²) in [5.74, 6) is 0.163. The van der Waals surface area contributed by atoms with Crippen molar-refractivity contribution < 1.29 is 18.3 Å². The second kappa shape index (κ2) is 6.42. The molecule has 0 saturated carbocycles. The lowest BCUT2D eigenvalue weighted by atomic mass is 10.3. The quantitative estimate of drug-likeness (QED) is 0.793. The van der Waals surface area contributed by atoms with Crippen LogP contribution in [0, 0.1) is 5.82 Å². The number of hydrazine groups is 1. The topological polar surface area (TPSA) is 63.5 Å². The summed E-state index contributed by atoms with van der Waals surface area (Å²) < 4.78 is 22.9. The van der Waals surface area contributed by atoms with Gasteiger partial charge in [-0.1, -0.05) is 6.58 Å². The molecule has 2 rings (SSSR count). The first kappa shape index (κ1) is 13.7. The van der Waals surface area contributed by atoms with Crippen molar-refractivity contribution >= 4 is 11.6 Å². The SMILES string of the molecule is C=C(NNC(=O)COc1ccc(F)cc1)c1ccco1. The summed E-state index contributed by atoms with van der Waals surface area (Å²) in [6.45, 7) is 3.49. The minimum absolute atomic E-state index is 0.204. The summed E-state index contributed by atoms with van der Waals surface area (Å²) in [5.41, 5.74) is 5.43. The molecule has 5 nitrogen and oxygen atoms in total. The predicted octanol–water partition coefficient (Wildman–Crippen LogP) is 2.09. The van der Waals surface area contributed by atoms with E-state index in [-0.39, 0.29) is 12.4 Å². The second-order valence-corrected chi connectivity index (χ2v) is 3.87. The molecule has 104 valence electrons. The standard InChI is InChI=1S/C14H13FN2O3/c1-10(13-3-2-8-19-13)16-17-14(18)9-20-12-6-4-11(15)5-7-12/h2-8,16H,1,9H2,(H,17,18). The fraction of sp³-hybridized carbons (Fsp3) is 0.0714. The molecule has 0 saturated heterocycles. The third-order valence-electron chi connectivity index (χ3n) is 2.35. The van der Waals surface area contributed by atoms with Crippen LogP contribution in [-0.4, -0.2) is 12.5 Å². The highest BCUT2D eigenvalue weighted by molar-refractivity contribution is 5.78. The molecule has 20 heavy (non-hydrogen) atoms. The average Bonchev–Trinajstić information content (AvgIpc) is 2.98. The minimum Gasteiger partial charge on any atom is -0.484 e. The Bertz CT molecular complexity index is 579. The van der Waals surface area contributed by atoms with E-state index in [0.717, 1.165) is 0 Å². The number of carbonyl (C=O) groups excluding carboxylic acids is 1. The molecule has 2 N–H and O–H groups in total. The van der Waals surface area contributed by atoms with Crippen LogP contribution >= 0.6 is 0 Å². The molecule has 0 radical (unpaired) electrons. The van der Waals surface area contributed by atoms with E-state index in [4.69, 9.17) is 9.15 Å². The molecule has 0 spiro atoms. The van der Waals surface area contributed by atoms with E-state index in [1.807, 2.05) is 0 Å². The van der Waals surface area contributed by atoms with E-state index >= 15 is 0 Å². The maximum atomic E-state index is 12.7. The molecule has 0 atom stereocenters. The van der Waals surface area contributed by atoms with E-state index in [9.17, 15) is 9.18 Å². The number of hydrogen-bond donors (Lipinski definition) is 2. The third-order valence-corrected chi connectivity index (χ3v) is 2.35. The van der Waals surface area contributed by atoms with Crippen LogP contribution in [0.4, 0.5) is 4.39 Å². The lowest BCUT2D eigenvalue weighted by molar-refractivity contribution is -0.123. The summed E-state index contributed by atoms with van der Waals surface area (Å²) >= 11 is 0. The number of furan rings is 1. The molecule has 0 fully saturated rings. The van der Waals surface area contributed by atoms with Gasteiger partial charge in [-0.2, -0.15) is 0 Å². The fourth-order valence-corrected chi connectivity index (χ4v) is 1.37. The highest BCUT2D eigenvalue weighted by atomic mass is 19.1. The summed E-state index contributed by atoms with van der Waals surface area (Å²) in [7, 11) is 0. The number of carbonyl (C=O) groups is 1. The summed E-state index contributed by atoms with van der Waals surface area (Å²) in [4.78, 5) is 11.5. The molecule has 1 amide bonds. The zero-order chi connectivity index (χ0) is 14.4. The van der Waals surface area contributed by atoms with Crippen molar-refractivity contribution in [2.75, 3.05) is 6.61 Å². The predicted molar refractivity (Wildman–Crippen MR) is 70.9 cm³/mol. The van der Waals surface area contributed by atoms with Gasteiger partial charge in [0.1, 0.15) is 11.6 Å². The molecule has 1 aromatic carbocycles. The Kier molecular flexibility index (Phi) is 4.39. The molecule has 2 aromatic rings. The lowest BCUT2D eigenvalue weighted by Crippen LogP contribution is -2.38. The third kappa shape index (κ3) is 3.88. The van der Waals surface area contributed by atoms with Gasteiger partial charge in [-0.3, -0.25) is 15.6 Å². The van der Waals surface area contributed by atoms with E-state index in [1.54, 1.807) is 12.1 Å². The van der Waals surface area contributed by atoms with Gasteiger partial charge < -0.3 is 9.15 Å². The van der Waals surface area contributed by atoms with Crippen LogP contribution < -0.4 is 15.6 Å². The van der Waals surface area contributed by atoms with Crippen LogP contribution in [0.15, 0.2) is 53.7 Å². The number of amides is 1. The zero-order valence-corrected chi connectivity index (χ0v) is 10.6. The Morgan fingerprint density at radius 2 is 2.00 bits per heavy atom. The number of halogens is 1. The molecule has 6 heteroatoms. The van der Waals surface area contributed by atoms with Crippen LogP contribution in [-0.2, 0) is 4.79 Å². The Hall–Kier alpha value is -2.76. The van der Waals surface area contributed by atoms with Gasteiger partial charge in [-0.25, -0.2) is 4.39 Å². The van der Waals surface area contributed by atoms with Crippen molar-refractivity contribution in [2.24, 2.45) is 0 Å². The van der Waals surface area contributed by atoms with E-state index in [0.29, 0.717) is 17.2 Å². The largest absolute Gasteiger partial charge is 0.484 e. The van der Waals surface area contributed by atoms with Gasteiger partial charge in [-0.15, -0.1) is 0 Å². The molecule has 0 unspecified atom stereocenters. The van der Waals surface area contributed by atoms with E-state index in [1.165, 1.54) is 30.5 Å². The number of ether oxygens (including phenoxy) is 1. The van der Waals surface area contributed by atoms with E-state index < -0.39 is 5.91 Å². The number of hydrogen-bond acceptors (Lipinski definition) is 4. The normalized spacial score (nSPS) is 9.85. The van der Waals surface area contributed by atoms with Crippen molar-refractivity contribution in [3.05, 3.63) is 60.8 Å². The maximum Gasteiger partial charge on any atom is 0.276 e.